The minimum Gasteiger partial charge on any atom is -0.362 e. The summed E-state index contributed by atoms with van der Waals surface area (Å²) in [6.07, 6.45) is 6.73. The van der Waals surface area contributed by atoms with Crippen molar-refractivity contribution in [2.45, 2.75) is 32.4 Å². The first-order chi connectivity index (χ1) is 13.2. The predicted octanol–water partition coefficient (Wildman–Crippen LogP) is 2.76. The molecule has 0 saturated carbocycles. The number of aryl methyl sites for hydroxylation is 3. The monoisotopic (exact) mass is 362 g/mol. The number of aromatic nitrogens is 7. The van der Waals surface area contributed by atoms with Crippen molar-refractivity contribution in [2.75, 3.05) is 5.32 Å². The van der Waals surface area contributed by atoms with E-state index in [-0.39, 0.29) is 6.04 Å². The molecule has 8 nitrogen and oxygen atoms in total. The van der Waals surface area contributed by atoms with Crippen LogP contribution in [0, 0.1) is 0 Å². The molecule has 8 heteroatoms. The summed E-state index contributed by atoms with van der Waals surface area (Å²) < 4.78 is 3.63. The van der Waals surface area contributed by atoms with Crippen molar-refractivity contribution in [2.24, 2.45) is 7.05 Å². The van der Waals surface area contributed by atoms with Gasteiger partial charge in [-0.2, -0.15) is 10.2 Å². The minimum atomic E-state index is 0.0819. The Balaban J connectivity index is 1.67. The van der Waals surface area contributed by atoms with E-state index in [2.05, 4.69) is 56.7 Å². The highest BCUT2D eigenvalue weighted by Crippen LogP contribution is 2.27. The number of nitrogens with one attached hydrogen (secondary N) is 1. The molecule has 0 fully saturated rings. The summed E-state index contributed by atoms with van der Waals surface area (Å²) in [7, 11) is 1.90. The summed E-state index contributed by atoms with van der Waals surface area (Å²) >= 11 is 0. The molecule has 0 bridgehead atoms. The summed E-state index contributed by atoms with van der Waals surface area (Å²) in [5.74, 6) is 1.62. The average Bonchev–Trinajstić information content (AvgIpc) is 3.36. The van der Waals surface area contributed by atoms with Crippen LogP contribution in [0.4, 0.5) is 5.82 Å². The van der Waals surface area contributed by atoms with Gasteiger partial charge in [0.15, 0.2) is 5.65 Å². The first-order valence-corrected chi connectivity index (χ1v) is 9.07. The van der Waals surface area contributed by atoms with Crippen LogP contribution in [0.15, 0.2) is 49.2 Å². The summed E-state index contributed by atoms with van der Waals surface area (Å²) in [4.78, 5) is 13.4. The van der Waals surface area contributed by atoms with E-state index in [1.165, 1.54) is 5.56 Å². The maximum atomic E-state index is 4.73. The van der Waals surface area contributed by atoms with Crippen LogP contribution in [0.3, 0.4) is 0 Å². The van der Waals surface area contributed by atoms with Gasteiger partial charge in [0.05, 0.1) is 17.6 Å². The molecule has 0 aliphatic rings. The fourth-order valence-corrected chi connectivity index (χ4v) is 3.12. The average molecular weight is 362 g/mol. The number of anilines is 1. The highest BCUT2D eigenvalue weighted by molar-refractivity contribution is 5.86. The lowest BCUT2D eigenvalue weighted by molar-refractivity contribution is 0.537. The molecule has 0 aliphatic heterocycles. The van der Waals surface area contributed by atoms with Crippen LogP contribution in [-0.4, -0.2) is 34.5 Å². The third-order valence-corrected chi connectivity index (χ3v) is 4.58. The number of hydrogen-bond acceptors (Lipinski definition) is 6. The van der Waals surface area contributed by atoms with Gasteiger partial charge in [-0.1, -0.05) is 37.3 Å². The first kappa shape index (κ1) is 17.1. The van der Waals surface area contributed by atoms with Crippen molar-refractivity contribution in [1.82, 2.24) is 34.5 Å². The summed E-state index contributed by atoms with van der Waals surface area (Å²) in [6.45, 7) is 2.81. The Morgan fingerprint density at radius 1 is 1.11 bits per heavy atom. The van der Waals surface area contributed by atoms with Gasteiger partial charge in [-0.05, 0) is 12.0 Å². The second kappa shape index (κ2) is 7.53. The van der Waals surface area contributed by atoms with Crippen LogP contribution in [0.2, 0.25) is 0 Å². The lowest BCUT2D eigenvalue weighted by Crippen LogP contribution is -2.16. The molecule has 4 rings (SSSR count). The van der Waals surface area contributed by atoms with Crippen LogP contribution in [0.5, 0.6) is 0 Å². The minimum absolute atomic E-state index is 0.0819. The third kappa shape index (κ3) is 3.64. The molecule has 1 aromatic carbocycles. The Hall–Kier alpha value is -3.29. The third-order valence-electron chi connectivity index (χ3n) is 4.58. The molecule has 0 saturated heterocycles. The van der Waals surface area contributed by atoms with Crippen molar-refractivity contribution in [3.05, 3.63) is 60.6 Å². The van der Waals surface area contributed by atoms with Gasteiger partial charge < -0.3 is 5.32 Å². The van der Waals surface area contributed by atoms with Crippen molar-refractivity contribution in [3.8, 4) is 0 Å². The second-order valence-electron chi connectivity index (χ2n) is 6.40. The zero-order valence-electron chi connectivity index (χ0n) is 15.4. The van der Waals surface area contributed by atoms with Gasteiger partial charge in [0.1, 0.15) is 24.3 Å². The molecule has 27 heavy (non-hydrogen) atoms. The van der Waals surface area contributed by atoms with Crippen LogP contribution in [-0.2, 0) is 20.0 Å². The largest absolute Gasteiger partial charge is 0.362 e. The second-order valence-corrected chi connectivity index (χ2v) is 6.40. The van der Waals surface area contributed by atoms with E-state index < -0.39 is 0 Å². The van der Waals surface area contributed by atoms with E-state index in [1.54, 1.807) is 17.3 Å². The maximum Gasteiger partial charge on any atom is 0.163 e. The predicted molar refractivity (Wildman–Crippen MR) is 103 cm³/mol. The fourth-order valence-electron chi connectivity index (χ4n) is 3.12. The van der Waals surface area contributed by atoms with E-state index in [4.69, 9.17) is 4.98 Å². The highest BCUT2D eigenvalue weighted by atomic mass is 15.3. The van der Waals surface area contributed by atoms with Gasteiger partial charge in [0.25, 0.3) is 0 Å². The summed E-state index contributed by atoms with van der Waals surface area (Å²) in [5.41, 5.74) is 2.04. The van der Waals surface area contributed by atoms with Crippen molar-refractivity contribution in [1.29, 1.82) is 0 Å². The molecule has 3 aromatic heterocycles. The lowest BCUT2D eigenvalue weighted by Gasteiger charge is -2.20. The van der Waals surface area contributed by atoms with Crippen LogP contribution in [0.1, 0.15) is 30.8 Å². The summed E-state index contributed by atoms with van der Waals surface area (Å²) in [5, 5.41) is 13.1. The molecule has 4 aromatic rings. The highest BCUT2D eigenvalue weighted by Gasteiger charge is 2.17. The summed E-state index contributed by atoms with van der Waals surface area (Å²) in [6, 6.07) is 10.5. The van der Waals surface area contributed by atoms with E-state index in [0.29, 0.717) is 0 Å². The molecular weight excluding hydrogens is 340 g/mol. The lowest BCUT2D eigenvalue weighted by atomic mass is 10.0. The van der Waals surface area contributed by atoms with Gasteiger partial charge in [0.2, 0.25) is 0 Å². The normalized spacial score (nSPS) is 12.4. The SMILES string of the molecule is CCc1nc(N[C@H](CCn2cncn2)c2ccccc2)c2cnn(C)c2n1. The fraction of sp³-hybridized carbons (Fsp3) is 0.316. The molecule has 0 amide bonds. The van der Waals surface area contributed by atoms with Gasteiger partial charge in [-0.15, -0.1) is 0 Å². The number of fused-ring (bicyclic) bond motifs is 1. The Morgan fingerprint density at radius 2 is 1.96 bits per heavy atom. The van der Waals surface area contributed by atoms with Crippen molar-refractivity contribution >= 4 is 16.9 Å². The van der Waals surface area contributed by atoms with Gasteiger partial charge in [-0.3, -0.25) is 9.36 Å². The number of rotatable bonds is 7. The maximum absolute atomic E-state index is 4.73. The topological polar surface area (TPSA) is 86.3 Å². The Morgan fingerprint density at radius 3 is 2.70 bits per heavy atom. The molecular formula is C19H22N8. The van der Waals surface area contributed by atoms with E-state index in [9.17, 15) is 0 Å². The van der Waals surface area contributed by atoms with Crippen LogP contribution < -0.4 is 5.32 Å². The van der Waals surface area contributed by atoms with E-state index in [1.807, 2.05) is 24.0 Å². The van der Waals surface area contributed by atoms with Gasteiger partial charge >= 0.3 is 0 Å². The standard InChI is InChI=1S/C19H22N8/c1-3-17-24-18(15-11-21-26(2)19(15)25-17)23-16(14-7-5-4-6-8-14)9-10-27-13-20-12-22-27/h4-8,11-13,16H,3,9-10H2,1-2H3,(H,23,24,25)/t16-/m1/s1. The molecule has 0 spiro atoms. The molecule has 0 aliphatic carbocycles. The van der Waals surface area contributed by atoms with Crippen molar-refractivity contribution in [3.63, 3.8) is 0 Å². The molecule has 138 valence electrons. The number of hydrogen-bond donors (Lipinski definition) is 1. The Kier molecular flexibility index (Phi) is 4.78. The molecule has 3 heterocycles. The molecule has 1 N–H and O–H groups in total. The zero-order valence-corrected chi connectivity index (χ0v) is 15.4. The van der Waals surface area contributed by atoms with Gasteiger partial charge in [-0.25, -0.2) is 15.0 Å². The van der Waals surface area contributed by atoms with Crippen LogP contribution in [0.25, 0.3) is 11.0 Å². The van der Waals surface area contributed by atoms with Gasteiger partial charge in [0, 0.05) is 20.0 Å². The van der Waals surface area contributed by atoms with E-state index >= 15 is 0 Å². The quantitative estimate of drug-likeness (QED) is 0.544. The van der Waals surface area contributed by atoms with Crippen LogP contribution >= 0.6 is 0 Å². The first-order valence-electron chi connectivity index (χ1n) is 9.07. The Bertz CT molecular complexity index is 1010. The van der Waals surface area contributed by atoms with Crippen molar-refractivity contribution < 1.29 is 0 Å². The zero-order chi connectivity index (χ0) is 18.6. The number of benzene rings is 1. The smallest absolute Gasteiger partial charge is 0.163 e. The van der Waals surface area contributed by atoms with E-state index in [0.717, 1.165) is 42.1 Å². The number of nitrogens with zero attached hydrogens (tertiary/aromatic N) is 7. The molecule has 0 unspecified atom stereocenters. The Labute approximate surface area is 157 Å². The molecule has 1 atom stereocenters. The molecule has 0 radical (unpaired) electrons.